The standard InChI is InChI=1S/C55H39N/c1-6-18-40(19-7-1)42-30-34-47(35-31-42)56(48-36-32-43(33-37-48)41-20-8-2-9-21-41)54-49(44-22-10-3-11-23-44)38-39-52-53(54)50-28-16-17-29-51(50)55(52,45-24-12-4-13-25-45)46-26-14-5-15-27-46/h1-39H/i1D,2D,6D,7D,8D,9D,18D,19D,20D,21D,30D,31D,32D,33D,34D,35D,36D,37D. The first-order valence-corrected chi connectivity index (χ1v) is 17.9. The molecule has 0 saturated carbocycles. The molecule has 0 spiro atoms. The second-order valence-corrected chi connectivity index (χ2v) is 13.1. The lowest BCUT2D eigenvalue weighted by Gasteiger charge is -2.35. The van der Waals surface area contributed by atoms with Crippen molar-refractivity contribution >= 4 is 17.1 Å². The Morgan fingerprint density at radius 3 is 1.30 bits per heavy atom. The number of anilines is 3. The fourth-order valence-corrected chi connectivity index (χ4v) is 7.77. The Morgan fingerprint density at radius 1 is 0.339 bits per heavy atom. The third kappa shape index (κ3) is 5.56. The normalized spacial score (nSPS) is 16.9. The minimum Gasteiger partial charge on any atom is -0.309 e. The van der Waals surface area contributed by atoms with Crippen LogP contribution in [0, 0.1) is 0 Å². The van der Waals surface area contributed by atoms with E-state index in [1.807, 2.05) is 91.0 Å². The van der Waals surface area contributed by atoms with Crippen LogP contribution in [0.1, 0.15) is 46.9 Å². The Bertz CT molecular complexity index is 3540. The molecule has 9 aromatic rings. The summed E-state index contributed by atoms with van der Waals surface area (Å²) in [6.07, 6.45) is 0. The van der Waals surface area contributed by atoms with Crippen LogP contribution in [0.3, 0.4) is 0 Å². The lowest BCUT2D eigenvalue weighted by atomic mass is 9.67. The number of benzene rings is 9. The first-order valence-electron chi connectivity index (χ1n) is 26.9. The van der Waals surface area contributed by atoms with Gasteiger partial charge in [0.05, 0.1) is 35.8 Å². The van der Waals surface area contributed by atoms with Gasteiger partial charge in [0.1, 0.15) is 0 Å². The fraction of sp³-hybridized carbons (Fsp3) is 0.0182. The monoisotopic (exact) mass is 731 g/mol. The Kier molecular flexibility index (Phi) is 4.92. The minimum absolute atomic E-state index is 0.0857. The smallest absolute Gasteiger partial charge is 0.0714 e. The van der Waals surface area contributed by atoms with E-state index >= 15 is 0 Å². The Labute approximate surface area is 354 Å². The molecule has 1 aliphatic rings. The molecule has 0 radical (unpaired) electrons. The third-order valence-corrected chi connectivity index (χ3v) is 10.1. The fourth-order valence-electron chi connectivity index (χ4n) is 7.77. The zero-order valence-electron chi connectivity index (χ0n) is 47.6. The maximum atomic E-state index is 9.94. The molecule has 0 heterocycles. The Morgan fingerprint density at radius 2 is 0.786 bits per heavy atom. The first kappa shape index (κ1) is 19.4. The van der Waals surface area contributed by atoms with Gasteiger partial charge in [0.25, 0.3) is 0 Å². The van der Waals surface area contributed by atoms with Crippen molar-refractivity contribution in [1.82, 2.24) is 0 Å². The molecule has 264 valence electrons. The number of rotatable bonds is 8. The van der Waals surface area contributed by atoms with E-state index in [4.69, 9.17) is 13.7 Å². The van der Waals surface area contributed by atoms with Gasteiger partial charge in [-0.05, 0) is 79.8 Å². The Balaban J connectivity index is 1.44. The summed E-state index contributed by atoms with van der Waals surface area (Å²) in [6.45, 7) is 0. The van der Waals surface area contributed by atoms with Crippen LogP contribution in [-0.4, -0.2) is 0 Å². The third-order valence-electron chi connectivity index (χ3n) is 10.1. The highest BCUT2D eigenvalue weighted by atomic mass is 15.1. The highest BCUT2D eigenvalue weighted by Gasteiger charge is 2.47. The Hall–Kier alpha value is -7.22. The molecule has 0 aliphatic heterocycles. The van der Waals surface area contributed by atoms with Gasteiger partial charge in [-0.15, -0.1) is 0 Å². The largest absolute Gasteiger partial charge is 0.309 e. The summed E-state index contributed by atoms with van der Waals surface area (Å²) in [6, 6.07) is 25.1. The average molecular weight is 732 g/mol. The van der Waals surface area contributed by atoms with E-state index in [2.05, 4.69) is 0 Å². The van der Waals surface area contributed by atoms with E-state index in [0.717, 1.165) is 21.6 Å². The summed E-state index contributed by atoms with van der Waals surface area (Å²) in [5.74, 6) is 0. The average Bonchev–Trinajstić information content (AvgIpc) is 3.72. The zero-order chi connectivity index (χ0) is 53.0. The van der Waals surface area contributed by atoms with Crippen molar-refractivity contribution in [3.63, 3.8) is 0 Å². The highest BCUT2D eigenvalue weighted by Crippen LogP contribution is 2.61. The summed E-state index contributed by atoms with van der Waals surface area (Å²) >= 11 is 0. The van der Waals surface area contributed by atoms with E-state index in [1.165, 1.54) is 0 Å². The second kappa shape index (κ2) is 14.2. The molecule has 0 fully saturated rings. The lowest BCUT2D eigenvalue weighted by Crippen LogP contribution is -2.28. The van der Waals surface area contributed by atoms with Gasteiger partial charge in [-0.25, -0.2) is 0 Å². The molecule has 1 nitrogen and oxygen atoms in total. The number of hydrogen-bond acceptors (Lipinski definition) is 1. The molecule has 56 heavy (non-hydrogen) atoms. The van der Waals surface area contributed by atoms with Crippen LogP contribution in [0.4, 0.5) is 17.1 Å². The highest BCUT2D eigenvalue weighted by molar-refractivity contribution is 6.03. The topological polar surface area (TPSA) is 3.24 Å². The predicted octanol–water partition coefficient (Wildman–Crippen LogP) is 14.5. The molecule has 0 unspecified atom stereocenters. The maximum Gasteiger partial charge on any atom is 0.0714 e. The maximum absolute atomic E-state index is 9.94. The molecule has 0 atom stereocenters. The molecule has 9 aromatic carbocycles. The van der Waals surface area contributed by atoms with Gasteiger partial charge < -0.3 is 4.90 Å². The van der Waals surface area contributed by atoms with Gasteiger partial charge >= 0.3 is 0 Å². The van der Waals surface area contributed by atoms with Crippen LogP contribution in [-0.2, 0) is 5.41 Å². The molecule has 1 aliphatic carbocycles. The summed E-state index contributed by atoms with van der Waals surface area (Å²) in [5.41, 5.74) is 0.371. The second-order valence-electron chi connectivity index (χ2n) is 13.1. The number of fused-ring (bicyclic) bond motifs is 3. The van der Waals surface area contributed by atoms with E-state index in [1.54, 1.807) is 36.4 Å². The van der Waals surface area contributed by atoms with Gasteiger partial charge in [0.15, 0.2) is 0 Å². The molecule has 10 rings (SSSR count). The van der Waals surface area contributed by atoms with Crippen molar-refractivity contribution in [1.29, 1.82) is 0 Å². The van der Waals surface area contributed by atoms with Gasteiger partial charge in [0.2, 0.25) is 0 Å². The molecular formula is C55H39N. The summed E-state index contributed by atoms with van der Waals surface area (Å²) in [4.78, 5) is 1.16. The molecular weight excluding hydrogens is 675 g/mol. The zero-order valence-corrected chi connectivity index (χ0v) is 29.6. The summed E-state index contributed by atoms with van der Waals surface area (Å²) < 4.78 is 164. The summed E-state index contributed by atoms with van der Waals surface area (Å²) in [5, 5.41) is 0. The SMILES string of the molecule is [2H]c1c([2H])c([2H])c(-c2c([2H])c([2H])c(N(c3c([2H])c([2H])c(-c4c([2H])c([2H])c([2H])c([2H])c4[2H])c([2H])c3[2H])c3c(-c4ccccc4)ccc4c3-c3ccccc3C4(c3ccccc3)c3ccccc3)c([2H])c2[2H])c([2H])c1[2H]. The molecule has 1 heteroatoms. The van der Waals surface area contributed by atoms with Crippen LogP contribution >= 0.6 is 0 Å². The predicted molar refractivity (Wildman–Crippen MR) is 235 cm³/mol. The van der Waals surface area contributed by atoms with Crippen molar-refractivity contribution in [2.24, 2.45) is 0 Å². The van der Waals surface area contributed by atoms with Gasteiger partial charge in [-0.2, -0.15) is 0 Å². The van der Waals surface area contributed by atoms with Crippen LogP contribution < -0.4 is 4.90 Å². The van der Waals surface area contributed by atoms with Crippen LogP contribution in [0.2, 0.25) is 0 Å². The van der Waals surface area contributed by atoms with E-state index < -0.39 is 148 Å². The minimum atomic E-state index is -1.11. The van der Waals surface area contributed by atoms with Gasteiger partial charge in [0, 0.05) is 22.5 Å². The molecule has 0 N–H and O–H groups in total. The van der Waals surface area contributed by atoms with Gasteiger partial charge in [-0.1, -0.05) is 212 Å². The lowest BCUT2D eigenvalue weighted by molar-refractivity contribution is 0.768. The van der Waals surface area contributed by atoms with E-state index in [-0.39, 0.29) is 5.69 Å². The first-order chi connectivity index (χ1) is 35.3. The van der Waals surface area contributed by atoms with Crippen LogP contribution in [0.5, 0.6) is 0 Å². The quantitative estimate of drug-likeness (QED) is 0.150. The van der Waals surface area contributed by atoms with E-state index in [0.29, 0.717) is 27.8 Å². The van der Waals surface area contributed by atoms with E-state index in [9.17, 15) is 11.0 Å². The van der Waals surface area contributed by atoms with Crippen LogP contribution in [0.15, 0.2) is 236 Å². The van der Waals surface area contributed by atoms with Crippen molar-refractivity contribution in [3.8, 4) is 44.5 Å². The number of nitrogens with zero attached hydrogens (tertiary/aromatic N) is 1. The van der Waals surface area contributed by atoms with Crippen molar-refractivity contribution in [2.75, 3.05) is 4.90 Å². The van der Waals surface area contributed by atoms with Crippen LogP contribution in [0.25, 0.3) is 44.5 Å². The van der Waals surface area contributed by atoms with Crippen molar-refractivity contribution in [3.05, 3.63) is 258 Å². The molecule has 0 bridgehead atoms. The number of hydrogen-bond donors (Lipinski definition) is 0. The molecule has 0 amide bonds. The summed E-state index contributed by atoms with van der Waals surface area (Å²) in [7, 11) is 0. The van der Waals surface area contributed by atoms with Crippen molar-refractivity contribution < 1.29 is 24.7 Å². The van der Waals surface area contributed by atoms with Crippen molar-refractivity contribution in [2.45, 2.75) is 5.41 Å². The van der Waals surface area contributed by atoms with Gasteiger partial charge in [-0.3, -0.25) is 0 Å². The molecule has 0 saturated heterocycles. The molecule has 0 aromatic heterocycles.